The summed E-state index contributed by atoms with van der Waals surface area (Å²) in [6, 6.07) is 1.75. The van der Waals surface area contributed by atoms with Crippen molar-refractivity contribution >= 4 is 21.4 Å². The molecular formula is C13H22N2O3S2. The third kappa shape index (κ3) is 3.79. The summed E-state index contributed by atoms with van der Waals surface area (Å²) in [6.45, 7) is 2.68. The first-order chi connectivity index (χ1) is 9.54. The van der Waals surface area contributed by atoms with Crippen molar-refractivity contribution in [1.29, 1.82) is 0 Å². The van der Waals surface area contributed by atoms with Crippen molar-refractivity contribution in [3.05, 3.63) is 16.3 Å². The Bertz CT molecular complexity index is 521. The van der Waals surface area contributed by atoms with E-state index in [9.17, 15) is 8.42 Å². The molecule has 2 heterocycles. The molecule has 20 heavy (non-hydrogen) atoms. The third-order valence-corrected chi connectivity index (χ3v) is 6.35. The summed E-state index contributed by atoms with van der Waals surface area (Å²) in [7, 11) is 0.127. The first-order valence-corrected chi connectivity index (χ1v) is 9.12. The van der Waals surface area contributed by atoms with Crippen LogP contribution in [0.25, 0.3) is 0 Å². The molecule has 1 aliphatic rings. The van der Waals surface area contributed by atoms with Gasteiger partial charge >= 0.3 is 0 Å². The Labute approximate surface area is 125 Å². The third-order valence-electron chi connectivity index (χ3n) is 3.46. The molecule has 2 rings (SSSR count). The van der Waals surface area contributed by atoms with E-state index in [1.165, 1.54) is 15.6 Å². The summed E-state index contributed by atoms with van der Waals surface area (Å²) in [5.74, 6) is 0.305. The summed E-state index contributed by atoms with van der Waals surface area (Å²) in [5, 5.41) is 4.75. The van der Waals surface area contributed by atoms with E-state index in [1.54, 1.807) is 18.5 Å². The van der Waals surface area contributed by atoms with Crippen LogP contribution in [-0.2, 0) is 21.3 Å². The summed E-state index contributed by atoms with van der Waals surface area (Å²) >= 11 is 1.47. The van der Waals surface area contributed by atoms with E-state index in [2.05, 4.69) is 5.32 Å². The van der Waals surface area contributed by atoms with Crippen LogP contribution in [0.2, 0.25) is 0 Å². The molecule has 7 heteroatoms. The standard InChI is InChI=1S/C13H22N2O3S2/c1-14-7-12-6-13(10-19-12)20(16,17)15(2)8-11-4-3-5-18-9-11/h6,10-11,14H,3-5,7-9H2,1-2H3. The fourth-order valence-electron chi connectivity index (χ4n) is 2.36. The number of thiophene rings is 1. The Hall–Kier alpha value is -0.470. The summed E-state index contributed by atoms with van der Waals surface area (Å²) in [6.07, 6.45) is 2.05. The van der Waals surface area contributed by atoms with Crippen LogP contribution >= 0.6 is 11.3 Å². The zero-order valence-corrected chi connectivity index (χ0v) is 13.6. The Morgan fingerprint density at radius 3 is 3.00 bits per heavy atom. The highest BCUT2D eigenvalue weighted by Crippen LogP contribution is 2.24. The predicted octanol–water partition coefficient (Wildman–Crippen LogP) is 1.51. The van der Waals surface area contributed by atoms with Crippen molar-refractivity contribution in [3.63, 3.8) is 0 Å². The smallest absolute Gasteiger partial charge is 0.243 e. The number of ether oxygens (including phenoxy) is 1. The zero-order chi connectivity index (χ0) is 14.6. The van der Waals surface area contributed by atoms with E-state index >= 15 is 0 Å². The lowest BCUT2D eigenvalue weighted by Crippen LogP contribution is -2.35. The molecule has 0 bridgehead atoms. The topological polar surface area (TPSA) is 58.6 Å². The van der Waals surface area contributed by atoms with E-state index in [0.29, 0.717) is 30.5 Å². The molecule has 0 radical (unpaired) electrons. The maximum absolute atomic E-state index is 12.5. The van der Waals surface area contributed by atoms with Crippen LogP contribution in [0.5, 0.6) is 0 Å². The monoisotopic (exact) mass is 318 g/mol. The fourth-order valence-corrected chi connectivity index (χ4v) is 4.88. The van der Waals surface area contributed by atoms with Gasteiger partial charge in [0.1, 0.15) is 0 Å². The van der Waals surface area contributed by atoms with E-state index in [0.717, 1.165) is 24.3 Å². The van der Waals surface area contributed by atoms with Gasteiger partial charge in [-0.1, -0.05) is 0 Å². The number of hydrogen-bond acceptors (Lipinski definition) is 5. The van der Waals surface area contributed by atoms with Gasteiger partial charge in [0, 0.05) is 37.0 Å². The van der Waals surface area contributed by atoms with Crippen molar-refractivity contribution in [2.45, 2.75) is 24.3 Å². The lowest BCUT2D eigenvalue weighted by Gasteiger charge is -2.26. The van der Waals surface area contributed by atoms with Gasteiger partial charge in [0.15, 0.2) is 0 Å². The molecule has 1 unspecified atom stereocenters. The van der Waals surface area contributed by atoms with E-state index in [4.69, 9.17) is 4.74 Å². The van der Waals surface area contributed by atoms with Crippen molar-refractivity contribution in [2.24, 2.45) is 5.92 Å². The van der Waals surface area contributed by atoms with Crippen LogP contribution < -0.4 is 5.32 Å². The number of rotatable bonds is 6. The van der Waals surface area contributed by atoms with E-state index in [1.807, 2.05) is 7.05 Å². The maximum atomic E-state index is 12.5. The molecule has 1 aliphatic heterocycles. The van der Waals surface area contributed by atoms with Crippen molar-refractivity contribution in [1.82, 2.24) is 9.62 Å². The second kappa shape index (κ2) is 7.00. The molecular weight excluding hydrogens is 296 g/mol. The predicted molar refractivity (Wildman–Crippen MR) is 80.4 cm³/mol. The molecule has 0 amide bonds. The fraction of sp³-hybridized carbons (Fsp3) is 0.692. The molecule has 0 saturated carbocycles. The van der Waals surface area contributed by atoms with Gasteiger partial charge in [-0.2, -0.15) is 0 Å². The summed E-state index contributed by atoms with van der Waals surface area (Å²) in [4.78, 5) is 1.42. The largest absolute Gasteiger partial charge is 0.381 e. The van der Waals surface area contributed by atoms with Crippen molar-refractivity contribution in [3.8, 4) is 0 Å². The molecule has 1 atom stereocenters. The first-order valence-electron chi connectivity index (χ1n) is 6.80. The van der Waals surface area contributed by atoms with Crippen LogP contribution in [0, 0.1) is 5.92 Å². The second-order valence-corrected chi connectivity index (χ2v) is 8.19. The molecule has 1 aromatic rings. The van der Waals surface area contributed by atoms with E-state index in [-0.39, 0.29) is 0 Å². The van der Waals surface area contributed by atoms with Gasteiger partial charge in [0.2, 0.25) is 10.0 Å². The maximum Gasteiger partial charge on any atom is 0.243 e. The van der Waals surface area contributed by atoms with Gasteiger partial charge in [0.25, 0.3) is 0 Å². The SMILES string of the molecule is CNCc1cc(S(=O)(=O)N(C)CC2CCCOC2)cs1. The van der Waals surface area contributed by atoms with Gasteiger partial charge in [-0.05, 0) is 31.9 Å². The lowest BCUT2D eigenvalue weighted by molar-refractivity contribution is 0.0495. The van der Waals surface area contributed by atoms with Crippen molar-refractivity contribution < 1.29 is 13.2 Å². The second-order valence-electron chi connectivity index (χ2n) is 5.15. The number of sulfonamides is 1. The van der Waals surface area contributed by atoms with E-state index < -0.39 is 10.0 Å². The highest BCUT2D eigenvalue weighted by molar-refractivity contribution is 7.89. The Kier molecular flexibility index (Phi) is 5.57. The van der Waals surface area contributed by atoms with Crippen LogP contribution in [0.4, 0.5) is 0 Å². The molecule has 0 spiro atoms. The molecule has 0 aliphatic carbocycles. The van der Waals surface area contributed by atoms with Crippen LogP contribution in [0.3, 0.4) is 0 Å². The molecule has 1 fully saturated rings. The minimum absolute atomic E-state index is 0.305. The molecule has 114 valence electrons. The first kappa shape index (κ1) is 15.9. The summed E-state index contributed by atoms with van der Waals surface area (Å²) < 4.78 is 31.9. The lowest BCUT2D eigenvalue weighted by atomic mass is 10.0. The summed E-state index contributed by atoms with van der Waals surface area (Å²) in [5.41, 5.74) is 0. The molecule has 5 nitrogen and oxygen atoms in total. The molecule has 1 aromatic heterocycles. The van der Waals surface area contributed by atoms with Crippen LogP contribution in [-0.4, -0.2) is 46.6 Å². The van der Waals surface area contributed by atoms with Crippen molar-refractivity contribution in [2.75, 3.05) is 33.9 Å². The van der Waals surface area contributed by atoms with Gasteiger partial charge in [0.05, 0.1) is 11.5 Å². The van der Waals surface area contributed by atoms with Gasteiger partial charge in [-0.3, -0.25) is 0 Å². The highest BCUT2D eigenvalue weighted by atomic mass is 32.2. The average molecular weight is 318 g/mol. The average Bonchev–Trinajstić information content (AvgIpc) is 2.89. The number of nitrogens with one attached hydrogen (secondary N) is 1. The highest BCUT2D eigenvalue weighted by Gasteiger charge is 2.25. The van der Waals surface area contributed by atoms with Crippen LogP contribution in [0.15, 0.2) is 16.3 Å². The van der Waals surface area contributed by atoms with Gasteiger partial charge in [-0.25, -0.2) is 12.7 Å². The number of hydrogen-bond donors (Lipinski definition) is 1. The molecule has 1 N–H and O–H groups in total. The molecule has 1 saturated heterocycles. The Balaban J connectivity index is 2.03. The van der Waals surface area contributed by atoms with Crippen LogP contribution in [0.1, 0.15) is 17.7 Å². The number of nitrogens with zero attached hydrogens (tertiary/aromatic N) is 1. The molecule has 0 aromatic carbocycles. The van der Waals surface area contributed by atoms with Gasteiger partial charge < -0.3 is 10.1 Å². The Morgan fingerprint density at radius 1 is 1.55 bits per heavy atom. The zero-order valence-electron chi connectivity index (χ0n) is 12.0. The minimum Gasteiger partial charge on any atom is -0.381 e. The Morgan fingerprint density at radius 2 is 2.35 bits per heavy atom. The normalized spacial score (nSPS) is 20.4. The van der Waals surface area contributed by atoms with Gasteiger partial charge in [-0.15, -0.1) is 11.3 Å². The quantitative estimate of drug-likeness (QED) is 0.864. The minimum atomic E-state index is -3.38.